The first kappa shape index (κ1) is 30.5. The van der Waals surface area contributed by atoms with Crippen LogP contribution in [0.1, 0.15) is 56.3 Å². The molecule has 0 amide bonds. The highest BCUT2D eigenvalue weighted by molar-refractivity contribution is 6.35. The summed E-state index contributed by atoms with van der Waals surface area (Å²) in [5.74, 6) is 0. The molecule has 14 heteroatoms. The van der Waals surface area contributed by atoms with Crippen LogP contribution >= 0.6 is 11.6 Å². The molecular weight excluding hydrogens is 605 g/mol. The fourth-order valence-corrected chi connectivity index (χ4v) is 5.75. The third kappa shape index (κ3) is 5.71. The van der Waals surface area contributed by atoms with Gasteiger partial charge in [-0.1, -0.05) is 44.5 Å². The molecule has 1 fully saturated rings. The summed E-state index contributed by atoms with van der Waals surface area (Å²) in [5, 5.41) is 23.2. The largest absolute Gasteiger partial charge is 0.413 e. The number of rotatable bonds is 8. The Morgan fingerprint density at radius 3 is 2.62 bits per heavy atom. The van der Waals surface area contributed by atoms with Gasteiger partial charge in [0.15, 0.2) is 5.54 Å². The van der Waals surface area contributed by atoms with E-state index >= 15 is 0 Å². The number of alkyl halides is 3. The van der Waals surface area contributed by atoms with Crippen LogP contribution in [-0.4, -0.2) is 43.0 Å². The van der Waals surface area contributed by atoms with E-state index in [9.17, 15) is 18.4 Å². The summed E-state index contributed by atoms with van der Waals surface area (Å²) in [6, 6.07) is 10.8. The van der Waals surface area contributed by atoms with Gasteiger partial charge in [-0.15, -0.1) is 5.53 Å². The molecule has 4 N–H and O–H groups in total. The maximum absolute atomic E-state index is 14.0. The fourth-order valence-electron chi connectivity index (χ4n) is 5.48. The Balaban J connectivity index is 1.46. The number of fused-ring (bicyclic) bond motifs is 1. The highest BCUT2D eigenvalue weighted by Crippen LogP contribution is 2.54. The lowest BCUT2D eigenvalue weighted by atomic mass is 9.96. The summed E-state index contributed by atoms with van der Waals surface area (Å²) in [6.07, 6.45) is 1.56. The number of nitrogens with one attached hydrogen (secondary N) is 4. The third-order valence-corrected chi connectivity index (χ3v) is 8.38. The first-order valence-corrected chi connectivity index (χ1v) is 14.8. The molecule has 0 spiro atoms. The first-order valence-electron chi connectivity index (χ1n) is 14.4. The van der Waals surface area contributed by atoms with Gasteiger partial charge in [0.1, 0.15) is 18.7 Å². The van der Waals surface area contributed by atoms with Crippen LogP contribution in [0.15, 0.2) is 61.1 Å². The first-order chi connectivity index (χ1) is 21.3. The van der Waals surface area contributed by atoms with E-state index in [0.717, 1.165) is 21.8 Å². The van der Waals surface area contributed by atoms with E-state index < -0.39 is 17.8 Å². The van der Waals surface area contributed by atoms with Crippen LogP contribution < -0.4 is 21.6 Å². The second-order valence-electron chi connectivity index (χ2n) is 12.6. The minimum Gasteiger partial charge on any atom is -0.383 e. The van der Waals surface area contributed by atoms with Crippen LogP contribution in [0, 0.1) is 23.7 Å². The lowest BCUT2D eigenvalue weighted by molar-refractivity contribution is -0.195. The summed E-state index contributed by atoms with van der Waals surface area (Å²) in [5.41, 5.74) is 8.61. The summed E-state index contributed by atoms with van der Waals surface area (Å²) in [7, 11) is 0. The van der Waals surface area contributed by atoms with E-state index in [0.29, 0.717) is 45.1 Å². The standard InChI is InChI=1S/C31H32ClF3N10/c1-18-21(6-5-7-25(18)44-17-37-16-40-44)28(24-14-45(43-42-24)30(8-9-30)31(33,34)35)41-20-10-22-26(39-15-29(2,3)4)19(12-36)13-38-27(22)23(32)11-20/h5-7,10-11,13-14,16-17,28,41-43H,8-9,15H2,1-4H3,(H,38,39)/t28-/m0/s1. The lowest BCUT2D eigenvalue weighted by Crippen LogP contribution is -2.52. The van der Waals surface area contributed by atoms with Crippen LogP contribution in [0.4, 0.5) is 24.5 Å². The number of hydrogen-bond acceptors (Lipinski definition) is 9. The van der Waals surface area contributed by atoms with E-state index in [4.69, 9.17) is 11.6 Å². The molecule has 45 heavy (non-hydrogen) atoms. The topological polar surface area (TPSA) is 119 Å². The van der Waals surface area contributed by atoms with Gasteiger partial charge in [-0.05, 0) is 54.5 Å². The Labute approximate surface area is 263 Å². The highest BCUT2D eigenvalue weighted by atomic mass is 35.5. The van der Waals surface area contributed by atoms with Crippen LogP contribution in [-0.2, 0) is 0 Å². The molecule has 2 aromatic carbocycles. The van der Waals surface area contributed by atoms with Gasteiger partial charge in [0.2, 0.25) is 0 Å². The Hall–Kier alpha value is -4.54. The van der Waals surface area contributed by atoms with Crippen LogP contribution in [0.5, 0.6) is 0 Å². The zero-order valence-corrected chi connectivity index (χ0v) is 25.8. The Morgan fingerprint density at radius 2 is 1.98 bits per heavy atom. The van der Waals surface area contributed by atoms with E-state index in [1.165, 1.54) is 18.7 Å². The van der Waals surface area contributed by atoms with Gasteiger partial charge in [-0.25, -0.2) is 9.67 Å². The van der Waals surface area contributed by atoms with Crippen molar-refractivity contribution in [2.75, 3.05) is 17.2 Å². The molecular formula is C31H32ClF3N10. The SMILES string of the molecule is Cc1c([C@H](Nc2cc(Cl)c3ncc(C#N)c(NCC(C)(C)C)c3c2)C2=CN(C3(C(F)(F)F)CC3)NN2)cccc1-n1cncn1. The van der Waals surface area contributed by atoms with Gasteiger partial charge in [-0.3, -0.25) is 9.99 Å². The maximum Gasteiger partial charge on any atom is 0.413 e. The molecule has 10 nitrogen and oxygen atoms in total. The fraction of sp³-hybridized carbons (Fsp3) is 0.355. The molecule has 0 radical (unpaired) electrons. The van der Waals surface area contributed by atoms with Crippen molar-refractivity contribution in [1.82, 2.24) is 35.7 Å². The number of aromatic nitrogens is 4. The molecule has 2 aliphatic rings. The van der Waals surface area contributed by atoms with Crippen molar-refractivity contribution in [3.8, 4) is 11.8 Å². The lowest BCUT2D eigenvalue weighted by Gasteiger charge is -2.28. The Bertz CT molecular complexity index is 1820. The molecule has 1 saturated carbocycles. The molecule has 0 saturated heterocycles. The highest BCUT2D eigenvalue weighted by Gasteiger charge is 2.67. The van der Waals surface area contributed by atoms with Crippen LogP contribution in [0.25, 0.3) is 16.6 Å². The van der Waals surface area contributed by atoms with E-state index in [1.54, 1.807) is 17.1 Å². The number of hydrogen-bond donors (Lipinski definition) is 4. The molecule has 1 atom stereocenters. The van der Waals surface area contributed by atoms with Crippen molar-refractivity contribution in [3.63, 3.8) is 0 Å². The second kappa shape index (κ2) is 11.1. The van der Waals surface area contributed by atoms with Crippen LogP contribution in [0.3, 0.4) is 0 Å². The number of nitriles is 1. The van der Waals surface area contributed by atoms with Gasteiger partial charge in [0.05, 0.1) is 39.2 Å². The van der Waals surface area contributed by atoms with Gasteiger partial charge < -0.3 is 16.1 Å². The number of anilines is 2. The molecule has 1 aliphatic heterocycles. The van der Waals surface area contributed by atoms with Crippen molar-refractivity contribution >= 4 is 33.9 Å². The normalized spacial score (nSPS) is 16.6. The summed E-state index contributed by atoms with van der Waals surface area (Å²) in [6.45, 7) is 8.76. The molecule has 0 unspecified atom stereocenters. The maximum atomic E-state index is 14.0. The summed E-state index contributed by atoms with van der Waals surface area (Å²) in [4.78, 5) is 8.51. The van der Waals surface area contributed by atoms with E-state index in [1.807, 2.05) is 31.2 Å². The summed E-state index contributed by atoms with van der Waals surface area (Å²) >= 11 is 6.77. The zero-order valence-electron chi connectivity index (χ0n) is 25.1. The number of nitrogens with zero attached hydrogens (tertiary/aromatic N) is 6. The van der Waals surface area contributed by atoms with E-state index in [2.05, 4.69) is 63.5 Å². The summed E-state index contributed by atoms with van der Waals surface area (Å²) < 4.78 is 43.7. The monoisotopic (exact) mass is 636 g/mol. The molecule has 1 aliphatic carbocycles. The second-order valence-corrected chi connectivity index (χ2v) is 13.0. The molecule has 0 bridgehead atoms. The minimum atomic E-state index is -4.41. The quantitative estimate of drug-likeness (QED) is 0.171. The van der Waals surface area contributed by atoms with Crippen molar-refractivity contribution < 1.29 is 13.2 Å². The predicted molar refractivity (Wildman–Crippen MR) is 166 cm³/mol. The molecule has 6 rings (SSSR count). The third-order valence-electron chi connectivity index (χ3n) is 8.09. The smallest absolute Gasteiger partial charge is 0.383 e. The number of benzene rings is 2. The molecule has 2 aromatic heterocycles. The van der Waals surface area contributed by atoms with E-state index in [-0.39, 0.29) is 18.3 Å². The van der Waals surface area contributed by atoms with Gasteiger partial charge in [0, 0.05) is 30.0 Å². The van der Waals surface area contributed by atoms with Gasteiger partial charge in [-0.2, -0.15) is 23.5 Å². The predicted octanol–water partition coefficient (Wildman–Crippen LogP) is 6.52. The number of halogens is 4. The minimum absolute atomic E-state index is 0.00722. The number of hydrazine groups is 2. The number of pyridine rings is 1. The molecule has 234 valence electrons. The average molecular weight is 637 g/mol. The van der Waals surface area contributed by atoms with Crippen molar-refractivity contribution in [3.05, 3.63) is 82.8 Å². The zero-order chi connectivity index (χ0) is 32.1. The van der Waals surface area contributed by atoms with Gasteiger partial charge in [0.25, 0.3) is 0 Å². The molecule has 4 aromatic rings. The van der Waals surface area contributed by atoms with Crippen molar-refractivity contribution in [2.45, 2.75) is 58.3 Å². The molecule has 3 heterocycles. The average Bonchev–Trinajstić information content (AvgIpc) is 3.38. The van der Waals surface area contributed by atoms with Crippen LogP contribution in [0.2, 0.25) is 5.02 Å². The van der Waals surface area contributed by atoms with Crippen molar-refractivity contribution in [1.29, 1.82) is 5.26 Å². The Kier molecular flexibility index (Phi) is 7.53. The Morgan fingerprint density at radius 1 is 1.20 bits per heavy atom. The van der Waals surface area contributed by atoms with Crippen molar-refractivity contribution in [2.24, 2.45) is 5.41 Å². The van der Waals surface area contributed by atoms with Gasteiger partial charge >= 0.3 is 6.18 Å².